The minimum atomic E-state index is -4.59. The molecule has 4 rings (SSSR count). The Morgan fingerprint density at radius 3 is 2.42 bits per heavy atom. The lowest BCUT2D eigenvalue weighted by Crippen LogP contribution is -2.38. The lowest BCUT2D eigenvalue weighted by molar-refractivity contribution is -0.140. The molecule has 0 bridgehead atoms. The van der Waals surface area contributed by atoms with Crippen molar-refractivity contribution in [3.63, 3.8) is 0 Å². The summed E-state index contributed by atoms with van der Waals surface area (Å²) in [5, 5.41) is 0.480. The van der Waals surface area contributed by atoms with Crippen molar-refractivity contribution in [1.29, 1.82) is 0 Å². The first kappa shape index (κ1) is 23.8. The summed E-state index contributed by atoms with van der Waals surface area (Å²) in [7, 11) is 0. The molecule has 1 saturated heterocycles. The second-order valence-electron chi connectivity index (χ2n) is 9.08. The molecule has 1 aliphatic rings. The summed E-state index contributed by atoms with van der Waals surface area (Å²) in [6.45, 7) is 11.0. The molecule has 1 unspecified atom stereocenters. The highest BCUT2D eigenvalue weighted by molar-refractivity contribution is 7.91. The Kier molecular flexibility index (Phi) is 6.08. The van der Waals surface area contributed by atoms with E-state index in [1.807, 2.05) is 38.7 Å². The quantitative estimate of drug-likeness (QED) is 0.411. The minimum absolute atomic E-state index is 0.170. The molecular weight excluding hydrogens is 455 g/mol. The molecule has 3 heterocycles. The average molecular weight is 482 g/mol. The average Bonchev–Trinajstić information content (AvgIpc) is 3.19. The fourth-order valence-corrected chi connectivity index (χ4v) is 4.28. The van der Waals surface area contributed by atoms with E-state index in [0.717, 1.165) is 11.8 Å². The molecule has 0 spiro atoms. The van der Waals surface area contributed by atoms with Crippen LogP contribution in [0.4, 0.5) is 19.1 Å². The lowest BCUT2D eigenvalue weighted by atomic mass is 10.0. The Balaban J connectivity index is 2.02. The van der Waals surface area contributed by atoms with E-state index in [0.29, 0.717) is 54.4 Å². The number of morpholine rings is 1. The first-order valence-electron chi connectivity index (χ1n) is 10.6. The zero-order valence-electron chi connectivity index (χ0n) is 19.2. The van der Waals surface area contributed by atoms with Gasteiger partial charge in [0, 0.05) is 30.2 Å². The van der Waals surface area contributed by atoms with Gasteiger partial charge < -0.3 is 14.2 Å². The van der Waals surface area contributed by atoms with Gasteiger partial charge in [0.25, 0.3) is 0 Å². The number of rotatable bonds is 3. The van der Waals surface area contributed by atoms with Crippen LogP contribution in [0, 0.1) is 6.92 Å². The summed E-state index contributed by atoms with van der Waals surface area (Å²) in [6, 6.07) is 3.63. The Labute approximate surface area is 193 Å². The maximum atomic E-state index is 13.6. The molecule has 1 atom stereocenters. The number of ether oxygens (including phenoxy) is 1. The van der Waals surface area contributed by atoms with Gasteiger partial charge in [-0.05, 0) is 52.3 Å². The summed E-state index contributed by atoms with van der Waals surface area (Å²) in [5.41, 5.74) is 1.60. The SMILES string of the molecule is CC(=N[S+]([O-])C(C)(C)C)c1cc(C)cc2c1nc(N1CCOCC1)n1cc(C(F)(F)F)nc21. The van der Waals surface area contributed by atoms with E-state index in [-0.39, 0.29) is 5.65 Å². The highest BCUT2D eigenvalue weighted by Gasteiger charge is 2.35. The summed E-state index contributed by atoms with van der Waals surface area (Å²) in [4.78, 5) is 10.6. The number of fused-ring (bicyclic) bond motifs is 3. The van der Waals surface area contributed by atoms with E-state index in [4.69, 9.17) is 9.72 Å². The summed E-state index contributed by atoms with van der Waals surface area (Å²) in [6.07, 6.45) is -3.60. The van der Waals surface area contributed by atoms with Gasteiger partial charge in [-0.3, -0.25) is 4.40 Å². The van der Waals surface area contributed by atoms with E-state index in [1.165, 1.54) is 4.40 Å². The van der Waals surface area contributed by atoms with Crippen LogP contribution in [0.1, 0.15) is 44.5 Å². The van der Waals surface area contributed by atoms with Crippen LogP contribution in [-0.4, -0.2) is 55.7 Å². The number of aryl methyl sites for hydroxylation is 1. The monoisotopic (exact) mass is 481 g/mol. The molecule has 1 aromatic carbocycles. The zero-order valence-corrected chi connectivity index (χ0v) is 20.0. The molecular formula is C22H26F3N5O2S. The van der Waals surface area contributed by atoms with Gasteiger partial charge >= 0.3 is 6.18 Å². The molecule has 1 aliphatic heterocycles. The lowest BCUT2D eigenvalue weighted by Gasteiger charge is -2.28. The Morgan fingerprint density at radius 1 is 1.15 bits per heavy atom. The molecule has 178 valence electrons. The van der Waals surface area contributed by atoms with E-state index in [1.54, 1.807) is 13.0 Å². The Bertz CT molecular complexity index is 1230. The van der Waals surface area contributed by atoms with Crippen molar-refractivity contribution in [3.05, 3.63) is 35.2 Å². The molecule has 0 N–H and O–H groups in total. The number of benzene rings is 1. The molecule has 0 amide bonds. The van der Waals surface area contributed by atoms with E-state index >= 15 is 0 Å². The summed E-state index contributed by atoms with van der Waals surface area (Å²) >= 11 is -1.50. The fraction of sp³-hybridized carbons (Fsp3) is 0.500. The van der Waals surface area contributed by atoms with Crippen LogP contribution in [0.25, 0.3) is 16.6 Å². The molecule has 0 saturated carbocycles. The summed E-state index contributed by atoms with van der Waals surface area (Å²) in [5.74, 6) is 0.360. The second-order valence-corrected chi connectivity index (χ2v) is 11.0. The first-order chi connectivity index (χ1) is 15.4. The van der Waals surface area contributed by atoms with Gasteiger partial charge in [0.1, 0.15) is 21.8 Å². The van der Waals surface area contributed by atoms with Crippen molar-refractivity contribution in [2.45, 2.75) is 45.5 Å². The van der Waals surface area contributed by atoms with Crippen LogP contribution in [0.5, 0.6) is 0 Å². The fourth-order valence-electron chi connectivity index (χ4n) is 3.66. The van der Waals surface area contributed by atoms with E-state index < -0.39 is 28.0 Å². The minimum Gasteiger partial charge on any atom is -0.591 e. The number of nitrogens with zero attached hydrogens (tertiary/aromatic N) is 5. The highest BCUT2D eigenvalue weighted by Crippen LogP contribution is 2.34. The molecule has 7 nitrogen and oxygen atoms in total. The highest BCUT2D eigenvalue weighted by atomic mass is 32.2. The molecule has 0 aliphatic carbocycles. The van der Waals surface area contributed by atoms with Crippen LogP contribution in [-0.2, 0) is 22.3 Å². The number of anilines is 1. The van der Waals surface area contributed by atoms with Crippen molar-refractivity contribution >= 4 is 39.6 Å². The zero-order chi connectivity index (χ0) is 24.1. The van der Waals surface area contributed by atoms with Gasteiger partial charge in [-0.15, -0.1) is 0 Å². The number of alkyl halides is 3. The predicted molar refractivity (Wildman–Crippen MR) is 123 cm³/mol. The van der Waals surface area contributed by atoms with Gasteiger partial charge in [-0.2, -0.15) is 13.2 Å². The maximum absolute atomic E-state index is 13.6. The third-order valence-electron chi connectivity index (χ3n) is 5.35. The van der Waals surface area contributed by atoms with E-state index in [9.17, 15) is 17.7 Å². The van der Waals surface area contributed by atoms with Gasteiger partial charge in [0.2, 0.25) is 5.95 Å². The normalized spacial score (nSPS) is 17.2. The molecule has 0 radical (unpaired) electrons. The van der Waals surface area contributed by atoms with Crippen LogP contribution < -0.4 is 4.90 Å². The van der Waals surface area contributed by atoms with Crippen LogP contribution in [0.2, 0.25) is 0 Å². The topological polar surface area (TPSA) is 78.1 Å². The largest absolute Gasteiger partial charge is 0.591 e. The van der Waals surface area contributed by atoms with Crippen molar-refractivity contribution < 1.29 is 22.5 Å². The van der Waals surface area contributed by atoms with Crippen molar-refractivity contribution in [1.82, 2.24) is 14.4 Å². The van der Waals surface area contributed by atoms with Crippen molar-refractivity contribution in [3.8, 4) is 0 Å². The molecule has 1 fully saturated rings. The standard InChI is InChI=1S/C22H26F3N5O2S/c1-13-10-15(14(2)28-33(31)21(3,4)5)18-16(11-13)19-26-17(22(23,24)25)12-30(19)20(27-18)29-6-8-32-9-7-29/h10-12H,6-9H2,1-5H3. The van der Waals surface area contributed by atoms with Gasteiger partial charge in [0.15, 0.2) is 5.69 Å². The first-order valence-corrected chi connectivity index (χ1v) is 11.7. The number of hydrogen-bond acceptors (Lipinski definition) is 6. The number of halogens is 3. The Morgan fingerprint density at radius 2 is 1.82 bits per heavy atom. The smallest absolute Gasteiger partial charge is 0.434 e. The molecule has 33 heavy (non-hydrogen) atoms. The molecule has 11 heteroatoms. The maximum Gasteiger partial charge on any atom is 0.434 e. The van der Waals surface area contributed by atoms with Crippen LogP contribution >= 0.6 is 0 Å². The second kappa shape index (κ2) is 8.44. The van der Waals surface area contributed by atoms with Gasteiger partial charge in [0.05, 0.1) is 24.4 Å². The summed E-state index contributed by atoms with van der Waals surface area (Å²) < 4.78 is 64.0. The van der Waals surface area contributed by atoms with Gasteiger partial charge in [-0.1, -0.05) is 4.40 Å². The Hall–Kier alpha value is -2.37. The van der Waals surface area contributed by atoms with Crippen LogP contribution in [0.3, 0.4) is 0 Å². The number of aromatic nitrogens is 3. The number of hydrogen-bond donors (Lipinski definition) is 0. The van der Waals surface area contributed by atoms with Crippen molar-refractivity contribution in [2.24, 2.45) is 4.40 Å². The molecule has 3 aromatic rings. The third-order valence-corrected chi connectivity index (χ3v) is 6.83. The van der Waals surface area contributed by atoms with Gasteiger partial charge in [-0.25, -0.2) is 9.97 Å². The molecule has 2 aromatic heterocycles. The predicted octanol–water partition coefficient (Wildman–Crippen LogP) is 4.32. The van der Waals surface area contributed by atoms with Crippen molar-refractivity contribution in [2.75, 3.05) is 31.2 Å². The van der Waals surface area contributed by atoms with E-state index in [2.05, 4.69) is 9.38 Å². The third kappa shape index (κ3) is 4.67. The number of imidazole rings is 1. The van der Waals surface area contributed by atoms with Crippen LogP contribution in [0.15, 0.2) is 22.7 Å².